The van der Waals surface area contributed by atoms with Crippen molar-refractivity contribution in [1.82, 2.24) is 20.4 Å². The highest BCUT2D eigenvalue weighted by molar-refractivity contribution is 5.85. The Morgan fingerprint density at radius 2 is 2.28 bits per heavy atom. The minimum Gasteiger partial charge on any atom is -0.351 e. The van der Waals surface area contributed by atoms with E-state index in [1.165, 1.54) is 0 Å². The lowest BCUT2D eigenvalue weighted by Gasteiger charge is -2.36. The molecule has 1 saturated heterocycles. The first-order valence-corrected chi connectivity index (χ1v) is 5.90. The van der Waals surface area contributed by atoms with Crippen molar-refractivity contribution < 1.29 is 4.79 Å². The summed E-state index contributed by atoms with van der Waals surface area (Å²) in [6.45, 7) is 5.78. The van der Waals surface area contributed by atoms with Gasteiger partial charge in [-0.25, -0.2) is 0 Å². The fourth-order valence-electron chi connectivity index (χ4n) is 2.25. The van der Waals surface area contributed by atoms with Crippen molar-refractivity contribution in [2.24, 2.45) is 0 Å². The van der Waals surface area contributed by atoms with Crippen molar-refractivity contribution in [3.63, 3.8) is 0 Å². The third-order valence-corrected chi connectivity index (χ3v) is 3.20. The van der Waals surface area contributed by atoms with E-state index in [0.29, 0.717) is 6.54 Å². The van der Waals surface area contributed by atoms with E-state index in [1.807, 2.05) is 12.3 Å². The lowest BCUT2D eigenvalue weighted by molar-refractivity contribution is -0.131. The maximum atomic E-state index is 12.3. The molecule has 1 fully saturated rings. The molecule has 1 aromatic rings. The summed E-state index contributed by atoms with van der Waals surface area (Å²) < 4.78 is 1.78. The van der Waals surface area contributed by atoms with Crippen LogP contribution in [0.1, 0.15) is 12.8 Å². The molecule has 0 aromatic carbocycles. The molecule has 2 N–H and O–H groups in total. The summed E-state index contributed by atoms with van der Waals surface area (Å²) in [7, 11) is 0. The van der Waals surface area contributed by atoms with Gasteiger partial charge in [0, 0.05) is 18.9 Å². The molecule has 1 amide bonds. The zero-order valence-corrected chi connectivity index (χ0v) is 11.1. The van der Waals surface area contributed by atoms with Crippen LogP contribution in [0.4, 0.5) is 0 Å². The number of piperidine rings is 1. The van der Waals surface area contributed by atoms with Gasteiger partial charge in [-0.3, -0.25) is 9.48 Å². The van der Waals surface area contributed by atoms with Crippen molar-refractivity contribution in [2.45, 2.75) is 18.4 Å². The summed E-state index contributed by atoms with van der Waals surface area (Å²) in [6.07, 6.45) is 6.79. The molecule has 1 aromatic heterocycles. The highest BCUT2D eigenvalue weighted by atomic mass is 35.5. The van der Waals surface area contributed by atoms with Crippen LogP contribution in [0.15, 0.2) is 31.1 Å². The summed E-state index contributed by atoms with van der Waals surface area (Å²) in [5, 5.41) is 10.4. The number of hydrogen-bond donors (Lipinski definition) is 2. The molecule has 0 saturated carbocycles. The van der Waals surface area contributed by atoms with Crippen LogP contribution >= 0.6 is 12.4 Å². The fourth-order valence-corrected chi connectivity index (χ4v) is 2.25. The van der Waals surface area contributed by atoms with Crippen LogP contribution in [0.25, 0.3) is 0 Å². The van der Waals surface area contributed by atoms with Gasteiger partial charge in [0.25, 0.3) is 0 Å². The van der Waals surface area contributed by atoms with Gasteiger partial charge in [0.05, 0.1) is 0 Å². The van der Waals surface area contributed by atoms with Crippen LogP contribution in [-0.2, 0) is 10.3 Å². The van der Waals surface area contributed by atoms with Gasteiger partial charge in [-0.2, -0.15) is 5.10 Å². The van der Waals surface area contributed by atoms with E-state index in [0.717, 1.165) is 25.9 Å². The minimum atomic E-state index is -0.544. The first-order valence-electron chi connectivity index (χ1n) is 5.90. The molecule has 2 heterocycles. The molecular formula is C12H19ClN4O. The second kappa shape index (κ2) is 6.56. The van der Waals surface area contributed by atoms with E-state index in [-0.39, 0.29) is 18.3 Å². The molecule has 100 valence electrons. The van der Waals surface area contributed by atoms with Crippen molar-refractivity contribution in [3.8, 4) is 0 Å². The number of nitrogens with one attached hydrogen (secondary N) is 2. The van der Waals surface area contributed by atoms with Gasteiger partial charge in [-0.05, 0) is 32.0 Å². The van der Waals surface area contributed by atoms with Crippen LogP contribution in [0, 0.1) is 0 Å². The van der Waals surface area contributed by atoms with Crippen LogP contribution < -0.4 is 10.6 Å². The van der Waals surface area contributed by atoms with Crippen molar-refractivity contribution in [1.29, 1.82) is 0 Å². The van der Waals surface area contributed by atoms with Crippen LogP contribution in [0.3, 0.4) is 0 Å². The third-order valence-electron chi connectivity index (χ3n) is 3.20. The zero-order valence-electron chi connectivity index (χ0n) is 10.3. The third kappa shape index (κ3) is 2.73. The molecule has 1 aliphatic heterocycles. The highest BCUT2D eigenvalue weighted by Gasteiger charge is 2.41. The molecule has 0 atom stereocenters. The molecule has 0 aliphatic carbocycles. The average molecular weight is 271 g/mol. The number of amides is 1. The molecule has 0 unspecified atom stereocenters. The topological polar surface area (TPSA) is 59.0 Å². The van der Waals surface area contributed by atoms with Gasteiger partial charge in [-0.1, -0.05) is 6.08 Å². The quantitative estimate of drug-likeness (QED) is 0.792. The van der Waals surface area contributed by atoms with E-state index in [9.17, 15) is 4.79 Å². The lowest BCUT2D eigenvalue weighted by Crippen LogP contribution is -2.54. The minimum absolute atomic E-state index is 0. The Hall–Kier alpha value is -1.33. The predicted molar refractivity (Wildman–Crippen MR) is 72.8 cm³/mol. The largest absolute Gasteiger partial charge is 0.351 e. The lowest BCUT2D eigenvalue weighted by atomic mass is 9.87. The standard InChI is InChI=1S/C12H18N4O.ClH/c1-2-6-14-11(17)12(4-8-13-9-5-12)16-10-3-7-15-16;/h2-3,7,10,13H,1,4-6,8-9H2,(H,14,17);1H. The second-order valence-corrected chi connectivity index (χ2v) is 4.23. The summed E-state index contributed by atoms with van der Waals surface area (Å²) in [6, 6.07) is 1.85. The Labute approximate surface area is 113 Å². The normalized spacial score (nSPS) is 17.6. The van der Waals surface area contributed by atoms with Crippen LogP contribution in [0.5, 0.6) is 0 Å². The van der Waals surface area contributed by atoms with Gasteiger partial charge in [0.2, 0.25) is 5.91 Å². The van der Waals surface area contributed by atoms with Gasteiger partial charge in [0.1, 0.15) is 5.54 Å². The van der Waals surface area contributed by atoms with E-state index < -0.39 is 5.54 Å². The first kappa shape index (κ1) is 14.7. The highest BCUT2D eigenvalue weighted by Crippen LogP contribution is 2.26. The first-order chi connectivity index (χ1) is 8.29. The smallest absolute Gasteiger partial charge is 0.248 e. The number of rotatable bonds is 4. The van der Waals surface area contributed by atoms with Crippen LogP contribution in [0.2, 0.25) is 0 Å². The molecule has 5 nitrogen and oxygen atoms in total. The summed E-state index contributed by atoms with van der Waals surface area (Å²) >= 11 is 0. The van der Waals surface area contributed by atoms with Gasteiger partial charge in [-0.15, -0.1) is 19.0 Å². The Morgan fingerprint density at radius 1 is 1.56 bits per heavy atom. The van der Waals surface area contributed by atoms with Crippen molar-refractivity contribution >= 4 is 18.3 Å². The van der Waals surface area contributed by atoms with Crippen molar-refractivity contribution in [3.05, 3.63) is 31.1 Å². The molecule has 1 aliphatic rings. The maximum Gasteiger partial charge on any atom is 0.248 e. The Bertz CT molecular complexity index is 385. The van der Waals surface area contributed by atoms with E-state index in [2.05, 4.69) is 22.3 Å². The summed E-state index contributed by atoms with van der Waals surface area (Å²) in [5.74, 6) is 0.0302. The Morgan fingerprint density at radius 3 is 2.83 bits per heavy atom. The van der Waals surface area contributed by atoms with E-state index >= 15 is 0 Å². The molecule has 6 heteroatoms. The number of hydrogen-bond acceptors (Lipinski definition) is 3. The number of halogens is 1. The number of carbonyl (C=O) groups excluding carboxylic acids is 1. The number of aromatic nitrogens is 2. The molecule has 0 spiro atoms. The Balaban J connectivity index is 0.00000162. The molecule has 0 radical (unpaired) electrons. The number of nitrogens with zero attached hydrogens (tertiary/aromatic N) is 2. The fraction of sp³-hybridized carbons (Fsp3) is 0.500. The molecule has 18 heavy (non-hydrogen) atoms. The summed E-state index contributed by atoms with van der Waals surface area (Å²) in [5.41, 5.74) is -0.544. The maximum absolute atomic E-state index is 12.3. The average Bonchev–Trinajstić information content (AvgIpc) is 2.91. The van der Waals surface area contributed by atoms with E-state index in [4.69, 9.17) is 0 Å². The van der Waals surface area contributed by atoms with Gasteiger partial charge < -0.3 is 10.6 Å². The molecular weight excluding hydrogens is 252 g/mol. The van der Waals surface area contributed by atoms with Crippen molar-refractivity contribution in [2.75, 3.05) is 19.6 Å². The predicted octanol–water partition coefficient (Wildman–Crippen LogP) is 0.686. The monoisotopic (exact) mass is 270 g/mol. The summed E-state index contributed by atoms with van der Waals surface area (Å²) in [4.78, 5) is 12.3. The molecule has 0 bridgehead atoms. The number of carbonyl (C=O) groups is 1. The second-order valence-electron chi connectivity index (χ2n) is 4.23. The molecule has 2 rings (SSSR count). The van der Waals surface area contributed by atoms with Gasteiger partial charge in [0.15, 0.2) is 0 Å². The SMILES string of the molecule is C=CCNC(=O)C1(n2cccn2)CCNCC1.Cl. The zero-order chi connectivity index (χ0) is 12.1. The Kier molecular flexibility index (Phi) is 5.37. The van der Waals surface area contributed by atoms with E-state index in [1.54, 1.807) is 17.0 Å². The van der Waals surface area contributed by atoms with Crippen LogP contribution in [-0.4, -0.2) is 35.3 Å². The van der Waals surface area contributed by atoms with Gasteiger partial charge >= 0.3 is 0 Å².